The number of anilines is 1. The highest BCUT2D eigenvalue weighted by Crippen LogP contribution is 2.35. The quantitative estimate of drug-likeness (QED) is 0.788. The molecule has 1 fully saturated rings. The van der Waals surface area contributed by atoms with Crippen LogP contribution in [-0.4, -0.2) is 6.54 Å². The Balaban J connectivity index is 1.92. The standard InChI is InChI=1S/C16H22F3N/c1-2-12-7-9-13(10-8-12)11-20-15-6-4-3-5-14(15)16(17,18)19/h3-6,12-13,20H,2,7-11H2,1H3. The van der Waals surface area contributed by atoms with Crippen LogP contribution in [-0.2, 0) is 6.18 Å². The second kappa shape index (κ2) is 6.51. The van der Waals surface area contributed by atoms with E-state index in [0.29, 0.717) is 12.5 Å². The summed E-state index contributed by atoms with van der Waals surface area (Å²) in [6.45, 7) is 2.85. The van der Waals surface area contributed by atoms with Crippen LogP contribution in [0.3, 0.4) is 0 Å². The molecule has 1 saturated carbocycles. The zero-order chi connectivity index (χ0) is 14.6. The number of halogens is 3. The molecule has 0 amide bonds. The first-order valence-corrected chi connectivity index (χ1v) is 7.40. The Kier molecular flexibility index (Phi) is 4.95. The summed E-state index contributed by atoms with van der Waals surface area (Å²) in [5, 5.41) is 3.00. The monoisotopic (exact) mass is 285 g/mol. The first kappa shape index (κ1) is 15.2. The van der Waals surface area contributed by atoms with E-state index < -0.39 is 11.7 Å². The van der Waals surface area contributed by atoms with Crippen LogP contribution in [0.5, 0.6) is 0 Å². The van der Waals surface area contributed by atoms with E-state index in [1.165, 1.54) is 31.4 Å². The molecule has 4 heteroatoms. The third-order valence-corrected chi connectivity index (χ3v) is 4.36. The summed E-state index contributed by atoms with van der Waals surface area (Å²) in [4.78, 5) is 0. The summed E-state index contributed by atoms with van der Waals surface area (Å²) >= 11 is 0. The van der Waals surface area contributed by atoms with Gasteiger partial charge in [-0.3, -0.25) is 0 Å². The summed E-state index contributed by atoms with van der Waals surface area (Å²) < 4.78 is 38.6. The van der Waals surface area contributed by atoms with Crippen molar-refractivity contribution < 1.29 is 13.2 Å². The van der Waals surface area contributed by atoms with Crippen molar-refractivity contribution in [1.82, 2.24) is 0 Å². The molecule has 1 aliphatic carbocycles. The van der Waals surface area contributed by atoms with E-state index in [1.807, 2.05) is 0 Å². The van der Waals surface area contributed by atoms with Crippen LogP contribution in [0.15, 0.2) is 24.3 Å². The van der Waals surface area contributed by atoms with Crippen molar-refractivity contribution >= 4 is 5.69 Å². The largest absolute Gasteiger partial charge is 0.418 e. The maximum atomic E-state index is 12.9. The topological polar surface area (TPSA) is 12.0 Å². The molecule has 20 heavy (non-hydrogen) atoms. The molecule has 0 radical (unpaired) electrons. The molecular weight excluding hydrogens is 263 g/mol. The number of para-hydroxylation sites is 1. The number of hydrogen-bond acceptors (Lipinski definition) is 1. The average Bonchev–Trinajstić information content (AvgIpc) is 2.45. The number of nitrogens with one attached hydrogen (secondary N) is 1. The van der Waals surface area contributed by atoms with Crippen molar-refractivity contribution in [2.24, 2.45) is 11.8 Å². The van der Waals surface area contributed by atoms with E-state index >= 15 is 0 Å². The van der Waals surface area contributed by atoms with Gasteiger partial charge in [0.25, 0.3) is 0 Å². The van der Waals surface area contributed by atoms with Crippen molar-refractivity contribution in [3.8, 4) is 0 Å². The molecule has 0 aromatic heterocycles. The molecule has 0 atom stereocenters. The molecule has 2 rings (SSSR count). The predicted molar refractivity (Wildman–Crippen MR) is 75.7 cm³/mol. The van der Waals surface area contributed by atoms with Crippen LogP contribution in [0.4, 0.5) is 18.9 Å². The van der Waals surface area contributed by atoms with Gasteiger partial charge in [-0.15, -0.1) is 0 Å². The van der Waals surface area contributed by atoms with Crippen molar-refractivity contribution in [2.45, 2.75) is 45.2 Å². The second-order valence-electron chi connectivity index (χ2n) is 5.72. The van der Waals surface area contributed by atoms with Gasteiger partial charge in [0, 0.05) is 12.2 Å². The van der Waals surface area contributed by atoms with E-state index in [2.05, 4.69) is 12.2 Å². The fourth-order valence-electron chi connectivity index (χ4n) is 2.98. The minimum Gasteiger partial charge on any atom is -0.384 e. The van der Waals surface area contributed by atoms with Gasteiger partial charge in [-0.2, -0.15) is 13.2 Å². The van der Waals surface area contributed by atoms with Crippen LogP contribution >= 0.6 is 0 Å². The fraction of sp³-hybridized carbons (Fsp3) is 0.625. The van der Waals surface area contributed by atoms with Gasteiger partial charge >= 0.3 is 6.18 Å². The third kappa shape index (κ3) is 3.90. The van der Waals surface area contributed by atoms with Crippen LogP contribution in [0.2, 0.25) is 0 Å². The molecule has 0 spiro atoms. The van der Waals surface area contributed by atoms with E-state index in [1.54, 1.807) is 6.07 Å². The van der Waals surface area contributed by atoms with Gasteiger partial charge in [0.15, 0.2) is 0 Å². The molecule has 0 saturated heterocycles. The van der Waals surface area contributed by atoms with Crippen molar-refractivity contribution in [1.29, 1.82) is 0 Å². The number of alkyl halides is 3. The highest BCUT2D eigenvalue weighted by molar-refractivity contribution is 5.52. The fourth-order valence-corrected chi connectivity index (χ4v) is 2.98. The first-order valence-electron chi connectivity index (χ1n) is 7.40. The Bertz CT molecular complexity index is 420. The molecular formula is C16H22F3N. The molecule has 1 nitrogen and oxygen atoms in total. The molecule has 1 aliphatic rings. The molecule has 0 heterocycles. The maximum Gasteiger partial charge on any atom is 0.418 e. The van der Waals surface area contributed by atoms with Gasteiger partial charge in [0.2, 0.25) is 0 Å². The van der Waals surface area contributed by atoms with E-state index in [9.17, 15) is 13.2 Å². The van der Waals surface area contributed by atoms with Crippen molar-refractivity contribution in [2.75, 3.05) is 11.9 Å². The smallest absolute Gasteiger partial charge is 0.384 e. The van der Waals surface area contributed by atoms with Gasteiger partial charge < -0.3 is 5.32 Å². The lowest BCUT2D eigenvalue weighted by Crippen LogP contribution is -2.22. The zero-order valence-electron chi connectivity index (χ0n) is 11.8. The van der Waals surface area contributed by atoms with Crippen molar-refractivity contribution in [3.05, 3.63) is 29.8 Å². The average molecular weight is 285 g/mol. The van der Waals surface area contributed by atoms with Crippen LogP contribution in [0.1, 0.15) is 44.6 Å². The normalized spacial score (nSPS) is 23.6. The number of benzene rings is 1. The Morgan fingerprint density at radius 1 is 1.05 bits per heavy atom. The van der Waals surface area contributed by atoms with Crippen molar-refractivity contribution in [3.63, 3.8) is 0 Å². The summed E-state index contributed by atoms with van der Waals surface area (Å²) in [6.07, 6.45) is 1.60. The summed E-state index contributed by atoms with van der Waals surface area (Å²) in [5.41, 5.74) is -0.361. The predicted octanol–water partition coefficient (Wildman–Crippen LogP) is 5.33. The van der Waals surface area contributed by atoms with Gasteiger partial charge in [-0.1, -0.05) is 38.3 Å². The molecule has 0 bridgehead atoms. The maximum absolute atomic E-state index is 12.9. The lowest BCUT2D eigenvalue weighted by Gasteiger charge is -2.28. The number of hydrogen-bond donors (Lipinski definition) is 1. The third-order valence-electron chi connectivity index (χ3n) is 4.36. The van der Waals surface area contributed by atoms with E-state index in [0.717, 1.165) is 24.8 Å². The Hall–Kier alpha value is -1.19. The lowest BCUT2D eigenvalue weighted by atomic mass is 9.81. The highest BCUT2D eigenvalue weighted by Gasteiger charge is 2.33. The summed E-state index contributed by atoms with van der Waals surface area (Å²) in [6, 6.07) is 5.73. The Labute approximate surface area is 118 Å². The Morgan fingerprint density at radius 2 is 1.65 bits per heavy atom. The van der Waals surface area contributed by atoms with Gasteiger partial charge in [-0.25, -0.2) is 0 Å². The lowest BCUT2D eigenvalue weighted by molar-refractivity contribution is -0.137. The molecule has 0 unspecified atom stereocenters. The molecule has 1 aromatic rings. The van der Waals surface area contributed by atoms with Gasteiger partial charge in [0.1, 0.15) is 0 Å². The van der Waals surface area contributed by atoms with E-state index in [4.69, 9.17) is 0 Å². The zero-order valence-corrected chi connectivity index (χ0v) is 11.8. The summed E-state index contributed by atoms with van der Waals surface area (Å²) in [7, 11) is 0. The minimum atomic E-state index is -4.29. The number of rotatable bonds is 4. The first-order chi connectivity index (χ1) is 9.50. The van der Waals surface area contributed by atoms with Gasteiger partial charge in [0.05, 0.1) is 5.56 Å². The van der Waals surface area contributed by atoms with E-state index in [-0.39, 0.29) is 5.69 Å². The molecule has 112 valence electrons. The highest BCUT2D eigenvalue weighted by atomic mass is 19.4. The minimum absolute atomic E-state index is 0.206. The Morgan fingerprint density at radius 3 is 2.25 bits per heavy atom. The summed E-state index contributed by atoms with van der Waals surface area (Å²) in [5.74, 6) is 1.31. The molecule has 1 aromatic carbocycles. The molecule has 1 N–H and O–H groups in total. The van der Waals surface area contributed by atoms with Crippen LogP contribution < -0.4 is 5.32 Å². The van der Waals surface area contributed by atoms with Gasteiger partial charge in [-0.05, 0) is 36.8 Å². The second-order valence-corrected chi connectivity index (χ2v) is 5.72. The van der Waals surface area contributed by atoms with Crippen LogP contribution in [0.25, 0.3) is 0 Å². The van der Waals surface area contributed by atoms with Crippen LogP contribution in [0, 0.1) is 11.8 Å². The SMILES string of the molecule is CCC1CCC(CNc2ccccc2C(F)(F)F)CC1. The molecule has 0 aliphatic heterocycles.